The van der Waals surface area contributed by atoms with E-state index < -0.39 is 0 Å². The first-order valence-corrected chi connectivity index (χ1v) is 12.0. The standard InChI is InChI=1S/C27H25N7O2/c1-2-36-20-12-13-23(28-16-20)26-33-32-25(34(26)19-8-4-3-5-9-19)17-14-18(15-17)29-27(35)24-30-21-10-6-7-11-22(21)31-24/h3-13,16-18H,2,14-15H2,1H3,(H,29,35)(H,30,31)/t17-,18-. The van der Waals surface area contributed by atoms with Gasteiger partial charge >= 0.3 is 0 Å². The Morgan fingerprint density at radius 1 is 1.06 bits per heavy atom. The molecule has 0 spiro atoms. The minimum absolute atomic E-state index is 0.0451. The predicted octanol–water partition coefficient (Wildman–Crippen LogP) is 4.28. The van der Waals surface area contributed by atoms with Crippen LogP contribution >= 0.6 is 0 Å². The number of carbonyl (C=O) groups excluding carboxylic acids is 1. The summed E-state index contributed by atoms with van der Waals surface area (Å²) < 4.78 is 7.59. The Hall–Kier alpha value is -4.53. The molecule has 180 valence electrons. The number of hydrogen-bond acceptors (Lipinski definition) is 6. The van der Waals surface area contributed by atoms with E-state index in [0.29, 0.717) is 24.0 Å². The number of nitrogens with one attached hydrogen (secondary N) is 2. The second-order valence-corrected chi connectivity index (χ2v) is 8.81. The van der Waals surface area contributed by atoms with Crippen molar-refractivity contribution >= 4 is 16.9 Å². The largest absolute Gasteiger partial charge is 0.492 e. The lowest BCUT2D eigenvalue weighted by Gasteiger charge is -2.35. The number of fused-ring (bicyclic) bond motifs is 1. The summed E-state index contributed by atoms with van der Waals surface area (Å²) in [6.45, 7) is 2.53. The van der Waals surface area contributed by atoms with Crippen molar-refractivity contribution in [1.82, 2.24) is 35.0 Å². The highest BCUT2D eigenvalue weighted by Crippen LogP contribution is 2.38. The number of hydrogen-bond donors (Lipinski definition) is 2. The lowest BCUT2D eigenvalue weighted by molar-refractivity contribution is 0.0897. The topological polar surface area (TPSA) is 111 Å². The normalized spacial score (nSPS) is 17.0. The number of amides is 1. The fourth-order valence-electron chi connectivity index (χ4n) is 4.58. The van der Waals surface area contributed by atoms with E-state index in [1.165, 1.54) is 0 Å². The van der Waals surface area contributed by atoms with E-state index in [0.717, 1.165) is 41.1 Å². The van der Waals surface area contributed by atoms with Gasteiger partial charge in [0.2, 0.25) is 0 Å². The van der Waals surface area contributed by atoms with Crippen molar-refractivity contribution in [3.63, 3.8) is 0 Å². The summed E-state index contributed by atoms with van der Waals surface area (Å²) in [6.07, 6.45) is 3.25. The molecule has 1 saturated carbocycles. The number of ether oxygens (including phenoxy) is 1. The summed E-state index contributed by atoms with van der Waals surface area (Å²) in [4.78, 5) is 24.8. The Morgan fingerprint density at radius 3 is 2.61 bits per heavy atom. The van der Waals surface area contributed by atoms with E-state index in [9.17, 15) is 4.79 Å². The van der Waals surface area contributed by atoms with Crippen molar-refractivity contribution in [1.29, 1.82) is 0 Å². The highest BCUT2D eigenvalue weighted by molar-refractivity contribution is 5.94. The van der Waals surface area contributed by atoms with Crippen LogP contribution in [0.5, 0.6) is 5.75 Å². The molecule has 0 saturated heterocycles. The summed E-state index contributed by atoms with van der Waals surface area (Å²) in [6, 6.07) is 21.5. The number of aromatic nitrogens is 6. The highest BCUT2D eigenvalue weighted by atomic mass is 16.5. The van der Waals surface area contributed by atoms with E-state index in [2.05, 4.69) is 35.0 Å². The van der Waals surface area contributed by atoms with Crippen LogP contribution in [0.4, 0.5) is 0 Å². The van der Waals surface area contributed by atoms with Crippen molar-refractivity contribution in [2.45, 2.75) is 31.7 Å². The number of imidazole rings is 1. The van der Waals surface area contributed by atoms with E-state index in [4.69, 9.17) is 4.74 Å². The van der Waals surface area contributed by atoms with Gasteiger partial charge in [-0.1, -0.05) is 30.3 Å². The highest BCUT2D eigenvalue weighted by Gasteiger charge is 2.36. The number of carbonyl (C=O) groups is 1. The van der Waals surface area contributed by atoms with Crippen LogP contribution in [0.2, 0.25) is 0 Å². The Morgan fingerprint density at radius 2 is 1.86 bits per heavy atom. The molecule has 2 N–H and O–H groups in total. The number of H-pyrrole nitrogens is 1. The van der Waals surface area contributed by atoms with Crippen LogP contribution in [0.1, 0.15) is 42.1 Å². The molecule has 3 aromatic heterocycles. The maximum atomic E-state index is 12.8. The molecule has 1 amide bonds. The van der Waals surface area contributed by atoms with Crippen molar-refractivity contribution in [3.05, 3.63) is 84.6 Å². The summed E-state index contributed by atoms with van der Waals surface area (Å²) in [7, 11) is 0. The lowest BCUT2D eigenvalue weighted by atomic mass is 9.79. The molecule has 1 fully saturated rings. The van der Waals surface area contributed by atoms with Crippen LogP contribution in [0.25, 0.3) is 28.2 Å². The monoisotopic (exact) mass is 479 g/mol. The van der Waals surface area contributed by atoms with Gasteiger partial charge in [0, 0.05) is 17.6 Å². The molecule has 2 aromatic carbocycles. The molecular weight excluding hydrogens is 454 g/mol. The smallest absolute Gasteiger partial charge is 0.287 e. The molecule has 0 atom stereocenters. The zero-order chi connectivity index (χ0) is 24.5. The molecule has 0 radical (unpaired) electrons. The average Bonchev–Trinajstić information content (AvgIpc) is 3.52. The molecule has 9 nitrogen and oxygen atoms in total. The van der Waals surface area contributed by atoms with Crippen LogP contribution in [-0.4, -0.2) is 48.3 Å². The summed E-state index contributed by atoms with van der Waals surface area (Å²) >= 11 is 0. The Balaban J connectivity index is 1.22. The van der Waals surface area contributed by atoms with Crippen LogP contribution in [0, 0.1) is 0 Å². The number of aromatic amines is 1. The van der Waals surface area contributed by atoms with Gasteiger partial charge in [0.05, 0.1) is 23.8 Å². The molecule has 0 aliphatic heterocycles. The number of pyridine rings is 1. The van der Waals surface area contributed by atoms with Crippen molar-refractivity contribution in [3.8, 4) is 23.0 Å². The Kier molecular flexibility index (Phi) is 5.65. The van der Waals surface area contributed by atoms with Crippen LogP contribution < -0.4 is 10.1 Å². The minimum atomic E-state index is -0.196. The molecule has 9 heteroatoms. The Bertz CT molecular complexity index is 1470. The summed E-state index contributed by atoms with van der Waals surface area (Å²) in [5.74, 6) is 2.55. The predicted molar refractivity (Wildman–Crippen MR) is 135 cm³/mol. The third-order valence-corrected chi connectivity index (χ3v) is 6.42. The van der Waals surface area contributed by atoms with Crippen LogP contribution in [-0.2, 0) is 0 Å². The molecule has 1 aliphatic carbocycles. The Labute approximate surface area is 207 Å². The van der Waals surface area contributed by atoms with Gasteiger partial charge in [0.25, 0.3) is 5.91 Å². The fraction of sp³-hybridized carbons (Fsp3) is 0.222. The SMILES string of the molecule is CCOc1ccc(-c2nnc([C@H]3C[C@H](NC(=O)c4nc5ccccc5[nH]4)C3)n2-c2ccccc2)nc1. The molecule has 3 heterocycles. The minimum Gasteiger partial charge on any atom is -0.492 e. The van der Waals surface area contributed by atoms with E-state index >= 15 is 0 Å². The molecule has 0 bridgehead atoms. The molecule has 36 heavy (non-hydrogen) atoms. The van der Waals surface area contributed by atoms with Crippen molar-refractivity contribution in [2.75, 3.05) is 6.61 Å². The maximum Gasteiger partial charge on any atom is 0.287 e. The average molecular weight is 480 g/mol. The first-order valence-electron chi connectivity index (χ1n) is 12.0. The second kappa shape index (κ2) is 9.26. The van der Waals surface area contributed by atoms with Gasteiger partial charge in [0.15, 0.2) is 11.6 Å². The number of para-hydroxylation sites is 3. The van der Waals surface area contributed by atoms with Gasteiger partial charge < -0.3 is 15.0 Å². The first kappa shape index (κ1) is 22.0. The van der Waals surface area contributed by atoms with E-state index in [1.54, 1.807) is 6.20 Å². The van der Waals surface area contributed by atoms with Gasteiger partial charge in [-0.2, -0.15) is 0 Å². The molecule has 0 unspecified atom stereocenters. The van der Waals surface area contributed by atoms with E-state index in [1.807, 2.05) is 73.7 Å². The van der Waals surface area contributed by atoms with Crippen LogP contribution in [0.3, 0.4) is 0 Å². The number of benzene rings is 2. The molecular formula is C27H25N7O2. The lowest BCUT2D eigenvalue weighted by Crippen LogP contribution is -2.44. The summed E-state index contributed by atoms with van der Waals surface area (Å²) in [5.41, 5.74) is 3.31. The number of nitrogens with zero attached hydrogens (tertiary/aromatic N) is 5. The third kappa shape index (κ3) is 4.08. The quantitative estimate of drug-likeness (QED) is 0.361. The van der Waals surface area contributed by atoms with Gasteiger partial charge in [-0.15, -0.1) is 10.2 Å². The number of rotatable bonds is 7. The molecule has 5 aromatic rings. The van der Waals surface area contributed by atoms with Crippen molar-refractivity contribution in [2.24, 2.45) is 0 Å². The van der Waals surface area contributed by atoms with Crippen molar-refractivity contribution < 1.29 is 9.53 Å². The molecule has 6 rings (SSSR count). The fourth-order valence-corrected chi connectivity index (χ4v) is 4.58. The first-order chi connectivity index (χ1) is 17.7. The van der Waals surface area contributed by atoms with Gasteiger partial charge in [0.1, 0.15) is 17.3 Å². The summed E-state index contributed by atoms with van der Waals surface area (Å²) in [5, 5.41) is 12.2. The zero-order valence-electron chi connectivity index (χ0n) is 19.8. The van der Waals surface area contributed by atoms with Gasteiger partial charge in [-0.25, -0.2) is 9.97 Å². The molecule has 1 aliphatic rings. The third-order valence-electron chi connectivity index (χ3n) is 6.42. The maximum absolute atomic E-state index is 12.8. The zero-order valence-corrected chi connectivity index (χ0v) is 19.8. The second-order valence-electron chi connectivity index (χ2n) is 8.81. The van der Waals surface area contributed by atoms with E-state index in [-0.39, 0.29) is 17.9 Å². The van der Waals surface area contributed by atoms with Gasteiger partial charge in [-0.3, -0.25) is 9.36 Å². The van der Waals surface area contributed by atoms with Gasteiger partial charge in [-0.05, 0) is 56.2 Å². The van der Waals surface area contributed by atoms with Crippen LogP contribution in [0.15, 0.2) is 72.9 Å².